The Balaban J connectivity index is 2.86. The van der Waals surface area contributed by atoms with Crippen LogP contribution < -0.4 is 0 Å². The third-order valence-corrected chi connectivity index (χ3v) is 6.38. The van der Waals surface area contributed by atoms with Gasteiger partial charge in [-0.15, -0.1) is 0 Å². The molecule has 0 atom stereocenters. The second-order valence-electron chi connectivity index (χ2n) is 7.39. The highest BCUT2D eigenvalue weighted by Gasteiger charge is 2.35. The summed E-state index contributed by atoms with van der Waals surface area (Å²) >= 11 is 0. The maximum atomic E-state index is 12.5. The molecule has 2 heteroatoms. The first kappa shape index (κ1) is 18.4. The predicted molar refractivity (Wildman–Crippen MR) is 96.4 cm³/mol. The van der Waals surface area contributed by atoms with Gasteiger partial charge >= 0.3 is 0 Å². The van der Waals surface area contributed by atoms with Crippen LogP contribution >= 0.6 is 0 Å². The SMILES string of the molecule is CCCCCC/C=C1\CC(=O)C([Si](C)(C)C)=C1CCCC. The van der Waals surface area contributed by atoms with E-state index < -0.39 is 8.07 Å². The van der Waals surface area contributed by atoms with E-state index in [1.54, 1.807) is 0 Å². The monoisotopic (exact) mass is 306 g/mol. The molecule has 0 aliphatic heterocycles. The number of ketones is 1. The standard InChI is InChI=1S/C19H34OSi/c1-6-8-10-11-12-13-16-15-18(20)19(21(3,4)5)17(16)14-9-7-2/h13H,6-12,14-15H2,1-5H3/b16-13+. The van der Waals surface area contributed by atoms with E-state index in [0.29, 0.717) is 12.2 Å². The van der Waals surface area contributed by atoms with Gasteiger partial charge in [-0.2, -0.15) is 0 Å². The third kappa shape index (κ3) is 5.58. The summed E-state index contributed by atoms with van der Waals surface area (Å²) in [4.78, 5) is 12.5. The molecule has 0 unspecified atom stereocenters. The number of carbonyl (C=O) groups excluding carboxylic acids is 1. The zero-order valence-corrected chi connectivity index (χ0v) is 15.8. The van der Waals surface area contributed by atoms with Gasteiger partial charge in [0.1, 0.15) is 0 Å². The van der Waals surface area contributed by atoms with Gasteiger partial charge in [-0.25, -0.2) is 0 Å². The van der Waals surface area contributed by atoms with Crippen LogP contribution in [0.1, 0.15) is 71.6 Å². The van der Waals surface area contributed by atoms with Gasteiger partial charge in [0.2, 0.25) is 0 Å². The van der Waals surface area contributed by atoms with Crippen molar-refractivity contribution in [3.8, 4) is 0 Å². The summed E-state index contributed by atoms with van der Waals surface area (Å²) in [6, 6.07) is 0. The number of allylic oxidation sites excluding steroid dienone is 4. The molecule has 0 saturated carbocycles. The molecule has 0 fully saturated rings. The van der Waals surface area contributed by atoms with Crippen LogP contribution in [0.15, 0.2) is 22.4 Å². The summed E-state index contributed by atoms with van der Waals surface area (Å²) < 4.78 is 0. The van der Waals surface area contributed by atoms with Gasteiger partial charge in [0.15, 0.2) is 5.78 Å². The number of hydrogen-bond acceptors (Lipinski definition) is 1. The summed E-state index contributed by atoms with van der Waals surface area (Å²) in [7, 11) is -1.51. The molecule has 0 N–H and O–H groups in total. The number of rotatable bonds is 9. The molecular weight excluding hydrogens is 272 g/mol. The van der Waals surface area contributed by atoms with Crippen LogP contribution in [-0.4, -0.2) is 13.9 Å². The molecule has 1 aliphatic carbocycles. The average molecular weight is 307 g/mol. The Morgan fingerprint density at radius 1 is 1.00 bits per heavy atom. The second-order valence-corrected chi connectivity index (χ2v) is 12.4. The molecular formula is C19H34OSi. The largest absolute Gasteiger partial charge is 0.295 e. The van der Waals surface area contributed by atoms with E-state index in [4.69, 9.17) is 0 Å². The molecule has 120 valence electrons. The summed E-state index contributed by atoms with van der Waals surface area (Å²) in [6.45, 7) is 11.4. The molecule has 0 heterocycles. The van der Waals surface area contributed by atoms with Gasteiger partial charge in [-0.3, -0.25) is 4.79 Å². The maximum Gasteiger partial charge on any atom is 0.159 e. The fourth-order valence-electron chi connectivity index (χ4n) is 3.25. The Hall–Kier alpha value is -0.633. The van der Waals surface area contributed by atoms with E-state index in [2.05, 4.69) is 39.6 Å². The Morgan fingerprint density at radius 3 is 2.24 bits per heavy atom. The van der Waals surface area contributed by atoms with Crippen molar-refractivity contribution < 1.29 is 4.79 Å². The van der Waals surface area contributed by atoms with Gasteiger partial charge < -0.3 is 0 Å². The fraction of sp³-hybridized carbons (Fsp3) is 0.737. The molecule has 0 aromatic carbocycles. The van der Waals surface area contributed by atoms with Crippen LogP contribution in [0, 0.1) is 0 Å². The lowest BCUT2D eigenvalue weighted by molar-refractivity contribution is -0.114. The fourth-order valence-corrected chi connectivity index (χ4v) is 5.37. The number of carbonyl (C=O) groups is 1. The smallest absolute Gasteiger partial charge is 0.159 e. The minimum absolute atomic E-state index is 0.431. The van der Waals surface area contributed by atoms with Crippen LogP contribution in [0.2, 0.25) is 19.6 Å². The molecule has 0 spiro atoms. The van der Waals surface area contributed by atoms with Crippen molar-refractivity contribution in [1.82, 2.24) is 0 Å². The molecule has 0 amide bonds. The van der Waals surface area contributed by atoms with Crippen molar-refractivity contribution in [1.29, 1.82) is 0 Å². The third-order valence-electron chi connectivity index (χ3n) is 4.30. The molecule has 0 bridgehead atoms. The molecule has 0 aromatic heterocycles. The highest BCUT2D eigenvalue weighted by molar-refractivity contribution is 6.87. The highest BCUT2D eigenvalue weighted by atomic mass is 28.3. The maximum absolute atomic E-state index is 12.5. The van der Waals surface area contributed by atoms with Crippen molar-refractivity contribution in [2.24, 2.45) is 0 Å². The summed E-state index contributed by atoms with van der Waals surface area (Å²) in [5.41, 5.74) is 2.82. The van der Waals surface area contributed by atoms with Crippen molar-refractivity contribution in [3.05, 3.63) is 22.4 Å². The molecule has 1 nitrogen and oxygen atoms in total. The summed E-state index contributed by atoms with van der Waals surface area (Å²) in [6.07, 6.45) is 13.0. The zero-order chi connectivity index (χ0) is 15.9. The highest BCUT2D eigenvalue weighted by Crippen LogP contribution is 2.37. The zero-order valence-electron chi connectivity index (χ0n) is 14.8. The van der Waals surface area contributed by atoms with Crippen molar-refractivity contribution in [2.75, 3.05) is 0 Å². The Kier molecular flexibility index (Phi) is 7.65. The van der Waals surface area contributed by atoms with Crippen molar-refractivity contribution in [2.45, 2.75) is 91.3 Å². The van der Waals surface area contributed by atoms with Crippen LogP contribution in [0.25, 0.3) is 0 Å². The molecule has 1 rings (SSSR count). The first-order chi connectivity index (χ1) is 9.91. The van der Waals surface area contributed by atoms with Crippen LogP contribution in [0.3, 0.4) is 0 Å². The Bertz CT molecular complexity index is 410. The van der Waals surface area contributed by atoms with E-state index in [0.717, 1.165) is 12.8 Å². The quantitative estimate of drug-likeness (QED) is 0.365. The second kappa shape index (κ2) is 8.72. The molecule has 0 radical (unpaired) electrons. The Labute approximate surface area is 132 Å². The van der Waals surface area contributed by atoms with Gasteiger partial charge in [0.05, 0.1) is 8.07 Å². The van der Waals surface area contributed by atoms with E-state index in [-0.39, 0.29) is 0 Å². The minimum atomic E-state index is -1.51. The normalized spacial score (nSPS) is 18.1. The number of hydrogen-bond donors (Lipinski definition) is 0. The topological polar surface area (TPSA) is 17.1 Å². The average Bonchev–Trinajstić information content (AvgIpc) is 2.72. The van der Waals surface area contributed by atoms with Crippen molar-refractivity contribution in [3.63, 3.8) is 0 Å². The lowest BCUT2D eigenvalue weighted by atomic mass is 10.0. The van der Waals surface area contributed by atoms with E-state index in [9.17, 15) is 4.79 Å². The lowest BCUT2D eigenvalue weighted by Gasteiger charge is -2.19. The van der Waals surface area contributed by atoms with E-state index >= 15 is 0 Å². The predicted octanol–water partition coefficient (Wildman–Crippen LogP) is 6.22. The molecule has 21 heavy (non-hydrogen) atoms. The molecule has 1 aliphatic rings. The van der Waals surface area contributed by atoms with Gasteiger partial charge in [-0.1, -0.05) is 65.2 Å². The van der Waals surface area contributed by atoms with Crippen molar-refractivity contribution >= 4 is 13.9 Å². The lowest BCUT2D eigenvalue weighted by Crippen LogP contribution is -2.28. The first-order valence-corrected chi connectivity index (χ1v) is 12.4. The van der Waals surface area contributed by atoms with Gasteiger partial charge in [0, 0.05) is 6.42 Å². The first-order valence-electron chi connectivity index (χ1n) is 8.88. The minimum Gasteiger partial charge on any atom is -0.295 e. The summed E-state index contributed by atoms with van der Waals surface area (Å²) in [5, 5.41) is 1.25. The van der Waals surface area contributed by atoms with Gasteiger partial charge in [-0.05, 0) is 42.0 Å². The van der Waals surface area contributed by atoms with E-state index in [1.807, 2.05) is 0 Å². The Morgan fingerprint density at radius 2 is 1.67 bits per heavy atom. The molecule has 0 saturated heterocycles. The van der Waals surface area contributed by atoms with Gasteiger partial charge in [0.25, 0.3) is 0 Å². The van der Waals surface area contributed by atoms with Crippen LogP contribution in [0.5, 0.6) is 0 Å². The van der Waals surface area contributed by atoms with Crippen LogP contribution in [0.4, 0.5) is 0 Å². The summed E-state index contributed by atoms with van der Waals surface area (Å²) in [5.74, 6) is 0.431. The number of unbranched alkanes of at least 4 members (excludes halogenated alkanes) is 5. The van der Waals surface area contributed by atoms with E-state index in [1.165, 1.54) is 54.9 Å². The number of Topliss-reactive ketones (excluding diaryl/α,β-unsaturated/α-hetero) is 1. The van der Waals surface area contributed by atoms with Crippen LogP contribution in [-0.2, 0) is 4.79 Å². The molecule has 0 aromatic rings.